The molecule has 0 aliphatic carbocycles. The van der Waals surface area contributed by atoms with E-state index in [-0.39, 0.29) is 11.9 Å². The number of carbonyl (C=O) groups is 1. The fourth-order valence-corrected chi connectivity index (χ4v) is 2.20. The molecule has 0 spiro atoms. The van der Waals surface area contributed by atoms with Crippen LogP contribution in [0.4, 0.5) is 11.4 Å². The molecule has 1 aromatic carbocycles. The summed E-state index contributed by atoms with van der Waals surface area (Å²) >= 11 is 0. The zero-order valence-electron chi connectivity index (χ0n) is 11.6. The first-order valence-corrected chi connectivity index (χ1v) is 6.47. The van der Waals surface area contributed by atoms with Crippen LogP contribution in [-0.4, -0.2) is 43.8 Å². The summed E-state index contributed by atoms with van der Waals surface area (Å²) in [5.41, 5.74) is 2.95. The quantitative estimate of drug-likeness (QED) is 0.752. The minimum atomic E-state index is -0.423. The number of hydrogen-bond donors (Lipinski definition) is 3. The maximum absolute atomic E-state index is 12.0. The summed E-state index contributed by atoms with van der Waals surface area (Å²) in [5.74, 6) is -0.0859. The summed E-state index contributed by atoms with van der Waals surface area (Å²) in [6.07, 6.45) is 0.0497. The largest absolute Gasteiger partial charge is 0.392 e. The minimum Gasteiger partial charge on any atom is -0.392 e. The molecular weight excluding hydrogens is 242 g/mol. The first-order valence-electron chi connectivity index (χ1n) is 6.47. The number of amides is 1. The van der Waals surface area contributed by atoms with E-state index in [1.807, 2.05) is 44.1 Å². The summed E-state index contributed by atoms with van der Waals surface area (Å²) in [5, 5.41) is 15.3. The number of β-amino-alcohol motifs (C(OH)–C–C–N with tert-alkyl or cyclic N) is 1. The third-order valence-corrected chi connectivity index (χ3v) is 3.41. The predicted molar refractivity (Wildman–Crippen MR) is 76.6 cm³/mol. The molecule has 1 fully saturated rings. The Labute approximate surface area is 113 Å². The highest BCUT2D eigenvalue weighted by Crippen LogP contribution is 2.22. The van der Waals surface area contributed by atoms with Crippen LogP contribution in [0, 0.1) is 6.92 Å². The van der Waals surface area contributed by atoms with E-state index in [0.717, 1.165) is 16.9 Å². The van der Waals surface area contributed by atoms with Crippen molar-refractivity contribution >= 4 is 17.3 Å². The Bertz CT molecular complexity index is 474. The monoisotopic (exact) mass is 263 g/mol. The van der Waals surface area contributed by atoms with Crippen molar-refractivity contribution in [3.63, 3.8) is 0 Å². The standard InChI is InChI=1S/C14H21N3O2/c1-9-6-10(17(2)3)4-5-12(9)16-14(19)13-7-11(18)8-15-13/h4-6,11,13,15,18H,7-8H2,1-3H3,(H,16,19). The second-order valence-corrected chi connectivity index (χ2v) is 5.23. The van der Waals surface area contributed by atoms with Gasteiger partial charge in [-0.2, -0.15) is 0 Å². The number of benzene rings is 1. The van der Waals surface area contributed by atoms with E-state index in [4.69, 9.17) is 0 Å². The van der Waals surface area contributed by atoms with Crippen molar-refractivity contribution in [3.8, 4) is 0 Å². The maximum Gasteiger partial charge on any atom is 0.241 e. The summed E-state index contributed by atoms with van der Waals surface area (Å²) in [6, 6.07) is 5.61. The summed E-state index contributed by atoms with van der Waals surface area (Å²) in [7, 11) is 3.97. The molecule has 1 aliphatic heterocycles. The number of anilines is 2. The van der Waals surface area contributed by atoms with Crippen LogP contribution in [0.15, 0.2) is 18.2 Å². The third kappa shape index (κ3) is 3.24. The van der Waals surface area contributed by atoms with Gasteiger partial charge in [0.05, 0.1) is 12.1 Å². The van der Waals surface area contributed by atoms with E-state index in [1.165, 1.54) is 0 Å². The van der Waals surface area contributed by atoms with Crippen molar-refractivity contribution in [2.75, 3.05) is 30.9 Å². The van der Waals surface area contributed by atoms with Crippen LogP contribution < -0.4 is 15.5 Å². The maximum atomic E-state index is 12.0. The fraction of sp³-hybridized carbons (Fsp3) is 0.500. The van der Waals surface area contributed by atoms with Crippen LogP contribution >= 0.6 is 0 Å². The van der Waals surface area contributed by atoms with Gasteiger partial charge in [-0.05, 0) is 37.1 Å². The molecule has 0 radical (unpaired) electrons. The molecule has 0 saturated carbocycles. The van der Waals surface area contributed by atoms with Crippen molar-refractivity contribution in [2.45, 2.75) is 25.5 Å². The number of aryl methyl sites for hydroxylation is 1. The van der Waals surface area contributed by atoms with Crippen molar-refractivity contribution in [2.24, 2.45) is 0 Å². The molecule has 2 rings (SSSR count). The van der Waals surface area contributed by atoms with Gasteiger partial charge in [-0.25, -0.2) is 0 Å². The Kier molecular flexibility index (Phi) is 4.07. The Hall–Kier alpha value is -1.59. The number of aliphatic hydroxyl groups excluding tert-OH is 1. The number of nitrogens with zero attached hydrogens (tertiary/aromatic N) is 1. The molecule has 0 bridgehead atoms. The van der Waals surface area contributed by atoms with E-state index in [9.17, 15) is 9.90 Å². The number of carbonyl (C=O) groups excluding carboxylic acids is 1. The Balaban J connectivity index is 2.05. The predicted octanol–water partition coefficient (Wildman–Crippen LogP) is 0.722. The highest BCUT2D eigenvalue weighted by Gasteiger charge is 2.28. The smallest absolute Gasteiger partial charge is 0.241 e. The molecule has 1 aliphatic rings. The van der Waals surface area contributed by atoms with Crippen molar-refractivity contribution in [3.05, 3.63) is 23.8 Å². The Morgan fingerprint density at radius 1 is 1.47 bits per heavy atom. The van der Waals surface area contributed by atoms with Gasteiger partial charge < -0.3 is 20.6 Å². The van der Waals surface area contributed by atoms with Crippen molar-refractivity contribution in [1.82, 2.24) is 5.32 Å². The fourth-order valence-electron chi connectivity index (χ4n) is 2.20. The van der Waals surface area contributed by atoms with Gasteiger partial charge in [0.15, 0.2) is 0 Å². The Morgan fingerprint density at radius 3 is 2.74 bits per heavy atom. The van der Waals surface area contributed by atoms with E-state index >= 15 is 0 Å². The van der Waals surface area contributed by atoms with Gasteiger partial charge in [0.25, 0.3) is 0 Å². The zero-order valence-corrected chi connectivity index (χ0v) is 11.6. The molecule has 1 amide bonds. The lowest BCUT2D eigenvalue weighted by Gasteiger charge is -2.17. The van der Waals surface area contributed by atoms with Gasteiger partial charge in [0.2, 0.25) is 5.91 Å². The number of nitrogens with one attached hydrogen (secondary N) is 2. The number of hydrogen-bond acceptors (Lipinski definition) is 4. The van der Waals surface area contributed by atoms with E-state index in [2.05, 4.69) is 10.6 Å². The molecule has 0 aromatic heterocycles. The van der Waals surface area contributed by atoms with Gasteiger partial charge in [0, 0.05) is 32.0 Å². The van der Waals surface area contributed by atoms with Gasteiger partial charge in [-0.15, -0.1) is 0 Å². The van der Waals surface area contributed by atoms with Gasteiger partial charge in [-0.1, -0.05) is 0 Å². The second-order valence-electron chi connectivity index (χ2n) is 5.23. The SMILES string of the molecule is Cc1cc(N(C)C)ccc1NC(=O)C1CC(O)CN1. The topological polar surface area (TPSA) is 64.6 Å². The van der Waals surface area contributed by atoms with E-state index in [1.54, 1.807) is 0 Å². The van der Waals surface area contributed by atoms with Gasteiger partial charge in [0.1, 0.15) is 0 Å². The van der Waals surface area contributed by atoms with Crippen molar-refractivity contribution in [1.29, 1.82) is 0 Å². The van der Waals surface area contributed by atoms with Crippen LogP contribution in [0.5, 0.6) is 0 Å². The first kappa shape index (κ1) is 13.8. The van der Waals surface area contributed by atoms with Crippen LogP contribution in [-0.2, 0) is 4.79 Å². The van der Waals surface area contributed by atoms with Crippen LogP contribution in [0.3, 0.4) is 0 Å². The summed E-state index contributed by atoms with van der Waals surface area (Å²) < 4.78 is 0. The van der Waals surface area contributed by atoms with Crippen LogP contribution in [0.2, 0.25) is 0 Å². The lowest BCUT2D eigenvalue weighted by molar-refractivity contribution is -0.117. The summed E-state index contributed by atoms with van der Waals surface area (Å²) in [4.78, 5) is 14.1. The number of rotatable bonds is 3. The highest BCUT2D eigenvalue weighted by atomic mass is 16.3. The molecule has 3 N–H and O–H groups in total. The first-order chi connectivity index (χ1) is 8.97. The molecule has 2 unspecified atom stereocenters. The molecule has 5 nitrogen and oxygen atoms in total. The molecule has 19 heavy (non-hydrogen) atoms. The lowest BCUT2D eigenvalue weighted by atomic mass is 10.1. The normalized spacial score (nSPS) is 22.3. The molecule has 1 heterocycles. The molecule has 5 heteroatoms. The van der Waals surface area contributed by atoms with Crippen LogP contribution in [0.1, 0.15) is 12.0 Å². The highest BCUT2D eigenvalue weighted by molar-refractivity contribution is 5.95. The zero-order chi connectivity index (χ0) is 14.0. The molecule has 1 saturated heterocycles. The molecular formula is C14H21N3O2. The number of aliphatic hydroxyl groups is 1. The van der Waals surface area contributed by atoms with E-state index < -0.39 is 6.10 Å². The Morgan fingerprint density at radius 2 is 2.21 bits per heavy atom. The van der Waals surface area contributed by atoms with E-state index in [0.29, 0.717) is 13.0 Å². The summed E-state index contributed by atoms with van der Waals surface area (Å²) in [6.45, 7) is 2.45. The van der Waals surface area contributed by atoms with Crippen molar-refractivity contribution < 1.29 is 9.90 Å². The molecule has 104 valence electrons. The average Bonchev–Trinajstić information content (AvgIpc) is 2.78. The molecule has 1 aromatic rings. The van der Waals surface area contributed by atoms with Gasteiger partial charge in [-0.3, -0.25) is 4.79 Å². The van der Waals surface area contributed by atoms with Gasteiger partial charge >= 0.3 is 0 Å². The lowest BCUT2D eigenvalue weighted by Crippen LogP contribution is -2.35. The average molecular weight is 263 g/mol. The van der Waals surface area contributed by atoms with Crippen LogP contribution in [0.25, 0.3) is 0 Å². The third-order valence-electron chi connectivity index (χ3n) is 3.41. The molecule has 2 atom stereocenters. The minimum absolute atomic E-state index is 0.0859. The second kappa shape index (κ2) is 5.59.